The van der Waals surface area contributed by atoms with Gasteiger partial charge < -0.3 is 0 Å². The number of hydrogen-bond donors (Lipinski definition) is 3. The average molecular weight is 644 g/mol. The molecule has 4 aromatic carbocycles. The fourth-order valence-electron chi connectivity index (χ4n) is 7.67. The quantitative estimate of drug-likeness (QED) is 0.106. The highest BCUT2D eigenvalue weighted by atomic mass is 31.2. The number of hydrogen-bond acceptors (Lipinski definition) is 3. The predicted octanol–water partition coefficient (Wildman–Crippen LogP) is 11.4. The fraction of sp³-hybridized carbons (Fsp3) is 0.524. The fourth-order valence-corrected chi connectivity index (χ4v) is 8.30. The van der Waals surface area contributed by atoms with Crippen LogP contribution in [0.1, 0.15) is 144 Å². The van der Waals surface area contributed by atoms with Gasteiger partial charge in [0, 0.05) is 0 Å². The third-order valence-corrected chi connectivity index (χ3v) is 11.8. The third-order valence-electron chi connectivity index (χ3n) is 9.97. The van der Waals surface area contributed by atoms with E-state index in [-0.39, 0.29) is 0 Å². The zero-order chi connectivity index (χ0) is 33.6. The van der Waals surface area contributed by atoms with Crippen molar-refractivity contribution in [2.75, 3.05) is 0 Å². The van der Waals surface area contributed by atoms with Crippen molar-refractivity contribution in [1.29, 1.82) is 0 Å². The molecule has 4 rings (SSSR count). The maximum absolute atomic E-state index is 11.2. The maximum Gasteiger partial charge on any atom is 0.410 e. The maximum atomic E-state index is 11.2. The first kappa shape index (κ1) is 36.5. The highest BCUT2D eigenvalue weighted by Gasteiger charge is 2.57. The molecule has 0 unspecified atom stereocenters. The van der Waals surface area contributed by atoms with Crippen molar-refractivity contribution in [2.45, 2.75) is 144 Å². The van der Waals surface area contributed by atoms with E-state index < -0.39 is 19.0 Å². The SMILES string of the molecule is CCCc1cc(CCC)c2cc(C(c3cc4c(CCC)cc(CCC)cc4cc3CCC)C(C)(C)[P+](O)(O)O)c(CCC)cc2c1. The standard InChI is InChI=1S/C42H60O3P/c1-9-15-29-21-31(17-11-3)37-27-39(33(19-13-5)25-35(37)23-29)41(42(7,8)46(43,44)45)40-28-38-32(18-12-4)22-30(16-10-2)24-36(38)26-34(40)20-14-6/h21-28,41,43-45H,9-20H2,1-8H3/q+1. The van der Waals surface area contributed by atoms with Gasteiger partial charge >= 0.3 is 7.94 Å². The summed E-state index contributed by atoms with van der Waals surface area (Å²) in [5.74, 6) is -0.396. The lowest BCUT2D eigenvalue weighted by molar-refractivity contribution is 0.284. The van der Waals surface area contributed by atoms with Gasteiger partial charge in [0.05, 0.1) is 5.92 Å². The molecular weight excluding hydrogens is 583 g/mol. The van der Waals surface area contributed by atoms with E-state index in [1.807, 2.05) is 13.8 Å². The monoisotopic (exact) mass is 643 g/mol. The largest absolute Gasteiger partial charge is 0.410 e. The molecule has 0 aliphatic rings. The lowest BCUT2D eigenvalue weighted by Gasteiger charge is -2.36. The van der Waals surface area contributed by atoms with E-state index in [1.165, 1.54) is 54.9 Å². The van der Waals surface area contributed by atoms with Crippen molar-refractivity contribution >= 4 is 29.5 Å². The van der Waals surface area contributed by atoms with Gasteiger partial charge in [-0.15, -0.1) is 0 Å². The predicted molar refractivity (Wildman–Crippen MR) is 201 cm³/mol. The smallest absolute Gasteiger partial charge is 0.192 e. The van der Waals surface area contributed by atoms with Crippen molar-refractivity contribution in [3.63, 3.8) is 0 Å². The van der Waals surface area contributed by atoms with Crippen LogP contribution in [0, 0.1) is 0 Å². The second-order valence-electron chi connectivity index (χ2n) is 14.2. The summed E-state index contributed by atoms with van der Waals surface area (Å²) in [5.41, 5.74) is 10.2. The summed E-state index contributed by atoms with van der Waals surface area (Å²) in [7, 11) is -4.29. The molecule has 0 aliphatic heterocycles. The van der Waals surface area contributed by atoms with Gasteiger partial charge in [-0.05, 0) is 131 Å². The summed E-state index contributed by atoms with van der Waals surface area (Å²) in [6.45, 7) is 17.1. The van der Waals surface area contributed by atoms with Gasteiger partial charge in [-0.1, -0.05) is 116 Å². The van der Waals surface area contributed by atoms with Gasteiger partial charge in [-0.2, -0.15) is 14.7 Å². The van der Waals surface area contributed by atoms with Crippen molar-refractivity contribution in [2.24, 2.45) is 0 Å². The molecule has 0 saturated heterocycles. The molecule has 0 aliphatic carbocycles. The van der Waals surface area contributed by atoms with Gasteiger partial charge in [0.2, 0.25) is 0 Å². The van der Waals surface area contributed by atoms with Crippen LogP contribution in [0.15, 0.2) is 48.5 Å². The van der Waals surface area contributed by atoms with E-state index in [1.54, 1.807) is 0 Å². The van der Waals surface area contributed by atoms with Crippen molar-refractivity contribution in [3.05, 3.63) is 93.0 Å². The van der Waals surface area contributed by atoms with Crippen molar-refractivity contribution in [3.8, 4) is 0 Å². The van der Waals surface area contributed by atoms with E-state index in [4.69, 9.17) is 0 Å². The van der Waals surface area contributed by atoms with E-state index >= 15 is 0 Å². The lowest BCUT2D eigenvalue weighted by atomic mass is 9.75. The molecule has 4 aromatic rings. The Morgan fingerprint density at radius 3 is 1.15 bits per heavy atom. The Kier molecular flexibility index (Phi) is 12.5. The minimum absolute atomic E-state index is 0.396. The van der Waals surface area contributed by atoms with Gasteiger partial charge in [-0.25, -0.2) is 0 Å². The minimum atomic E-state index is -4.29. The van der Waals surface area contributed by atoms with Crippen LogP contribution in [-0.2, 0) is 38.5 Å². The summed E-state index contributed by atoms with van der Waals surface area (Å²) >= 11 is 0. The first-order valence-corrected chi connectivity index (χ1v) is 19.8. The van der Waals surface area contributed by atoms with Gasteiger partial charge in [0.25, 0.3) is 0 Å². The van der Waals surface area contributed by atoms with Crippen LogP contribution >= 0.6 is 7.94 Å². The number of fused-ring (bicyclic) bond motifs is 2. The molecule has 0 bridgehead atoms. The molecule has 0 radical (unpaired) electrons. The minimum Gasteiger partial charge on any atom is -0.192 e. The molecule has 4 heteroatoms. The van der Waals surface area contributed by atoms with E-state index in [0.717, 1.165) is 88.2 Å². The van der Waals surface area contributed by atoms with Crippen molar-refractivity contribution < 1.29 is 14.7 Å². The molecule has 0 aromatic heterocycles. The van der Waals surface area contributed by atoms with Crippen LogP contribution in [-0.4, -0.2) is 19.8 Å². The summed E-state index contributed by atoms with van der Waals surface area (Å²) in [6, 6.07) is 19.0. The summed E-state index contributed by atoms with van der Waals surface area (Å²) < 4.78 is 0. The molecule has 3 N–H and O–H groups in total. The second kappa shape index (κ2) is 15.7. The Labute approximate surface area is 280 Å². The molecule has 0 spiro atoms. The molecule has 3 nitrogen and oxygen atoms in total. The lowest BCUT2D eigenvalue weighted by Crippen LogP contribution is -2.34. The Bertz CT molecular complexity index is 1520. The highest BCUT2D eigenvalue weighted by molar-refractivity contribution is 7.60. The summed E-state index contributed by atoms with van der Waals surface area (Å²) in [5, 5.41) is 3.86. The van der Waals surface area contributed by atoms with Gasteiger partial charge in [-0.3, -0.25) is 0 Å². The van der Waals surface area contributed by atoms with Gasteiger partial charge in [0.15, 0.2) is 5.16 Å². The molecular formula is C42H60O3P+. The van der Waals surface area contributed by atoms with Gasteiger partial charge in [0.1, 0.15) is 0 Å². The first-order valence-electron chi connectivity index (χ1n) is 18.2. The second-order valence-corrected chi connectivity index (χ2v) is 16.5. The number of rotatable bonds is 16. The summed E-state index contributed by atoms with van der Waals surface area (Å²) in [6.07, 6.45) is 12.3. The Balaban J connectivity index is 2.15. The Morgan fingerprint density at radius 1 is 0.478 bits per heavy atom. The molecule has 0 atom stereocenters. The molecule has 0 saturated carbocycles. The van der Waals surface area contributed by atoms with Crippen LogP contribution < -0.4 is 0 Å². The van der Waals surface area contributed by atoms with Crippen LogP contribution in [0.5, 0.6) is 0 Å². The average Bonchev–Trinajstić information content (AvgIpc) is 2.98. The van der Waals surface area contributed by atoms with E-state index in [2.05, 4.69) is 90.1 Å². The summed E-state index contributed by atoms with van der Waals surface area (Å²) in [4.78, 5) is 33.6. The number of benzene rings is 4. The molecule has 0 fully saturated rings. The van der Waals surface area contributed by atoms with E-state index in [9.17, 15) is 14.7 Å². The normalized spacial score (nSPS) is 12.6. The number of aryl methyl sites for hydroxylation is 6. The zero-order valence-corrected chi connectivity index (χ0v) is 30.9. The third kappa shape index (κ3) is 7.71. The van der Waals surface area contributed by atoms with Crippen molar-refractivity contribution in [1.82, 2.24) is 0 Å². The van der Waals surface area contributed by atoms with Crippen LogP contribution in [0.2, 0.25) is 0 Å². The van der Waals surface area contributed by atoms with Crippen LogP contribution in [0.25, 0.3) is 21.5 Å². The van der Waals surface area contributed by atoms with E-state index in [0.29, 0.717) is 0 Å². The molecule has 0 heterocycles. The highest BCUT2D eigenvalue weighted by Crippen LogP contribution is 2.65. The van der Waals surface area contributed by atoms with Crippen LogP contribution in [0.3, 0.4) is 0 Å². The molecule has 250 valence electrons. The molecule has 0 amide bonds. The Morgan fingerprint density at radius 2 is 0.826 bits per heavy atom. The van der Waals surface area contributed by atoms with Crippen LogP contribution in [0.4, 0.5) is 0 Å². The first-order chi connectivity index (χ1) is 21.9. The zero-order valence-electron chi connectivity index (χ0n) is 30.0. The Hall–Kier alpha value is -2.29. The molecule has 46 heavy (non-hydrogen) atoms. The topological polar surface area (TPSA) is 60.7 Å².